The first-order chi connectivity index (χ1) is 15.7. The van der Waals surface area contributed by atoms with Crippen LogP contribution in [-0.4, -0.2) is 51.3 Å². The Labute approximate surface area is 194 Å². The maximum absolute atomic E-state index is 13.1. The first-order valence-corrected chi connectivity index (χ1v) is 12.5. The molecule has 176 valence electrons. The number of ether oxygens (including phenoxy) is 1. The van der Waals surface area contributed by atoms with Crippen LogP contribution in [0.5, 0.6) is 5.75 Å². The van der Waals surface area contributed by atoms with Gasteiger partial charge in [-0.1, -0.05) is 12.1 Å². The fourth-order valence-electron chi connectivity index (χ4n) is 4.10. The van der Waals surface area contributed by atoms with Gasteiger partial charge in [-0.15, -0.1) is 0 Å². The van der Waals surface area contributed by atoms with E-state index < -0.39 is 15.9 Å². The summed E-state index contributed by atoms with van der Waals surface area (Å²) in [6.45, 7) is 1.98. The number of methoxy groups -OCH3 is 1. The normalized spacial score (nSPS) is 17.7. The van der Waals surface area contributed by atoms with E-state index in [-0.39, 0.29) is 35.9 Å². The zero-order chi connectivity index (χ0) is 23.8. The Bertz CT molecular complexity index is 1160. The summed E-state index contributed by atoms with van der Waals surface area (Å²) in [6, 6.07) is 12.1. The number of carbonyl (C=O) groups is 2. The van der Waals surface area contributed by atoms with Gasteiger partial charge in [-0.25, -0.2) is 8.42 Å². The molecule has 8 nitrogen and oxygen atoms in total. The van der Waals surface area contributed by atoms with E-state index in [4.69, 9.17) is 4.74 Å². The maximum atomic E-state index is 13.1. The average Bonchev–Trinajstić information content (AvgIpc) is 3.59. The quantitative estimate of drug-likeness (QED) is 0.638. The number of nitrogens with zero attached hydrogens (tertiary/aromatic N) is 2. The van der Waals surface area contributed by atoms with Crippen molar-refractivity contribution >= 4 is 27.5 Å². The van der Waals surface area contributed by atoms with Crippen molar-refractivity contribution in [2.75, 3.05) is 25.6 Å². The number of benzene rings is 2. The van der Waals surface area contributed by atoms with Gasteiger partial charge in [0.05, 0.1) is 18.6 Å². The molecular formula is C24H29N3O5S. The van der Waals surface area contributed by atoms with E-state index in [0.29, 0.717) is 6.42 Å². The minimum Gasteiger partial charge on any atom is -0.497 e. The van der Waals surface area contributed by atoms with Crippen LogP contribution in [0.3, 0.4) is 0 Å². The predicted octanol–water partition coefficient (Wildman–Crippen LogP) is 2.32. The van der Waals surface area contributed by atoms with Crippen LogP contribution in [0.25, 0.3) is 0 Å². The van der Waals surface area contributed by atoms with Crippen molar-refractivity contribution in [1.29, 1.82) is 0 Å². The lowest BCUT2D eigenvalue weighted by molar-refractivity contribution is -0.121. The zero-order valence-corrected chi connectivity index (χ0v) is 19.9. The predicted molar refractivity (Wildman–Crippen MR) is 124 cm³/mol. The minimum absolute atomic E-state index is 0.00696. The third-order valence-electron chi connectivity index (χ3n) is 6.15. The van der Waals surface area contributed by atoms with Gasteiger partial charge in [0.2, 0.25) is 21.8 Å². The monoisotopic (exact) mass is 471 g/mol. The van der Waals surface area contributed by atoms with Crippen LogP contribution in [0.2, 0.25) is 0 Å². The number of hydrogen-bond acceptors (Lipinski definition) is 5. The van der Waals surface area contributed by atoms with Gasteiger partial charge in [-0.05, 0) is 67.6 Å². The largest absolute Gasteiger partial charge is 0.497 e. The molecule has 1 saturated carbocycles. The van der Waals surface area contributed by atoms with E-state index in [1.165, 1.54) is 13.1 Å². The van der Waals surface area contributed by atoms with Crippen LogP contribution in [-0.2, 0) is 32.6 Å². The molecule has 0 bridgehead atoms. The highest BCUT2D eigenvalue weighted by atomic mass is 32.2. The summed E-state index contributed by atoms with van der Waals surface area (Å²) < 4.78 is 32.3. The molecular weight excluding hydrogens is 442 g/mol. The summed E-state index contributed by atoms with van der Waals surface area (Å²) in [5.74, 6) is 0.555. The van der Waals surface area contributed by atoms with Crippen molar-refractivity contribution in [3.05, 3.63) is 53.6 Å². The van der Waals surface area contributed by atoms with E-state index in [1.54, 1.807) is 36.3 Å². The number of hydrogen-bond donors (Lipinski definition) is 1. The second-order valence-corrected chi connectivity index (χ2v) is 10.8. The molecule has 2 aromatic carbocycles. The molecule has 0 aromatic heterocycles. The number of carbonyl (C=O) groups excluding carboxylic acids is 2. The molecule has 0 saturated heterocycles. The molecule has 1 atom stereocenters. The molecule has 1 fully saturated rings. The fourth-order valence-corrected chi connectivity index (χ4v) is 5.28. The molecule has 4 rings (SSSR count). The first-order valence-electron chi connectivity index (χ1n) is 11.0. The number of fused-ring (bicyclic) bond motifs is 1. The Morgan fingerprint density at radius 2 is 1.85 bits per heavy atom. The molecule has 1 aliphatic heterocycles. The fraction of sp³-hybridized carbons (Fsp3) is 0.417. The molecule has 2 aliphatic rings. The molecule has 1 unspecified atom stereocenters. The summed E-state index contributed by atoms with van der Waals surface area (Å²) in [5.41, 5.74) is 2.51. The van der Waals surface area contributed by atoms with Gasteiger partial charge < -0.3 is 15.0 Å². The SMILES string of the molecule is COc1ccc(CNC(=O)CN(C)S(=O)(=O)c2ccc3c(c2)CC(C)N3C(=O)C2CC2)cc1. The molecule has 33 heavy (non-hydrogen) atoms. The first kappa shape index (κ1) is 23.3. The minimum atomic E-state index is -3.85. The molecule has 2 amide bonds. The lowest BCUT2D eigenvalue weighted by atomic mass is 10.1. The van der Waals surface area contributed by atoms with Gasteiger partial charge in [-0.2, -0.15) is 4.31 Å². The topological polar surface area (TPSA) is 96.0 Å². The Morgan fingerprint density at radius 3 is 2.48 bits per heavy atom. The zero-order valence-electron chi connectivity index (χ0n) is 19.1. The van der Waals surface area contributed by atoms with E-state index >= 15 is 0 Å². The Hall–Kier alpha value is -2.91. The number of nitrogens with one attached hydrogen (secondary N) is 1. The van der Waals surface area contributed by atoms with Crippen molar-refractivity contribution < 1.29 is 22.7 Å². The van der Waals surface area contributed by atoms with Crippen molar-refractivity contribution in [2.24, 2.45) is 5.92 Å². The van der Waals surface area contributed by atoms with E-state index in [9.17, 15) is 18.0 Å². The van der Waals surface area contributed by atoms with Crippen LogP contribution in [0.1, 0.15) is 30.9 Å². The summed E-state index contributed by atoms with van der Waals surface area (Å²) in [4.78, 5) is 26.9. The Kier molecular flexibility index (Phi) is 6.45. The summed E-state index contributed by atoms with van der Waals surface area (Å²) in [5, 5.41) is 2.74. The molecule has 2 aromatic rings. The van der Waals surface area contributed by atoms with Gasteiger partial charge in [0.15, 0.2) is 0 Å². The smallest absolute Gasteiger partial charge is 0.243 e. The van der Waals surface area contributed by atoms with Crippen LogP contribution < -0.4 is 15.0 Å². The molecule has 9 heteroatoms. The molecule has 0 radical (unpaired) electrons. The van der Waals surface area contributed by atoms with Crippen molar-refractivity contribution in [1.82, 2.24) is 9.62 Å². The third-order valence-corrected chi connectivity index (χ3v) is 7.95. The Balaban J connectivity index is 1.40. The van der Waals surface area contributed by atoms with Crippen LogP contribution in [0.15, 0.2) is 47.4 Å². The molecule has 1 aliphatic carbocycles. The van der Waals surface area contributed by atoms with Gasteiger partial charge in [-0.3, -0.25) is 9.59 Å². The number of rotatable bonds is 8. The van der Waals surface area contributed by atoms with Crippen molar-refractivity contribution in [3.8, 4) is 5.75 Å². The summed E-state index contributed by atoms with van der Waals surface area (Å²) >= 11 is 0. The lowest BCUT2D eigenvalue weighted by Crippen LogP contribution is -2.38. The molecule has 1 N–H and O–H groups in total. The summed E-state index contributed by atoms with van der Waals surface area (Å²) in [7, 11) is -0.883. The number of likely N-dealkylation sites (N-methyl/N-ethyl adjacent to an activating group) is 1. The van der Waals surface area contributed by atoms with E-state index in [1.807, 2.05) is 19.1 Å². The van der Waals surface area contributed by atoms with E-state index in [2.05, 4.69) is 5.32 Å². The average molecular weight is 472 g/mol. The number of sulfonamides is 1. The molecule has 0 spiro atoms. The van der Waals surface area contributed by atoms with Crippen LogP contribution in [0.4, 0.5) is 5.69 Å². The maximum Gasteiger partial charge on any atom is 0.243 e. The highest BCUT2D eigenvalue weighted by Crippen LogP contribution is 2.39. The highest BCUT2D eigenvalue weighted by molar-refractivity contribution is 7.89. The van der Waals surface area contributed by atoms with Gasteiger partial charge in [0.1, 0.15) is 5.75 Å². The van der Waals surface area contributed by atoms with E-state index in [0.717, 1.165) is 39.7 Å². The highest BCUT2D eigenvalue weighted by Gasteiger charge is 2.40. The number of amides is 2. The lowest BCUT2D eigenvalue weighted by Gasteiger charge is -2.23. The van der Waals surface area contributed by atoms with Crippen LogP contribution >= 0.6 is 0 Å². The van der Waals surface area contributed by atoms with Crippen molar-refractivity contribution in [2.45, 2.75) is 43.7 Å². The summed E-state index contributed by atoms with van der Waals surface area (Å²) in [6.07, 6.45) is 2.47. The van der Waals surface area contributed by atoms with Gasteiger partial charge >= 0.3 is 0 Å². The van der Waals surface area contributed by atoms with Crippen LogP contribution in [0, 0.1) is 5.92 Å². The standard InChI is InChI=1S/C24H29N3O5S/c1-16-12-19-13-21(10-11-22(19)27(16)24(29)18-6-7-18)33(30,31)26(2)15-23(28)25-14-17-4-8-20(32-3)9-5-17/h4-5,8-11,13,16,18H,6-7,12,14-15H2,1-3H3,(H,25,28). The molecule has 1 heterocycles. The third kappa shape index (κ3) is 4.89. The van der Waals surface area contributed by atoms with Gasteiger partial charge in [0.25, 0.3) is 0 Å². The van der Waals surface area contributed by atoms with Crippen molar-refractivity contribution in [3.63, 3.8) is 0 Å². The van der Waals surface area contributed by atoms with Gasteiger partial charge in [0, 0.05) is 31.2 Å². The number of anilines is 1. The second kappa shape index (κ2) is 9.15. The second-order valence-electron chi connectivity index (χ2n) is 8.71. The Morgan fingerprint density at radius 1 is 1.15 bits per heavy atom.